The molecule has 1 nitrogen and oxygen atoms in total. The van der Waals surface area contributed by atoms with Gasteiger partial charge in [0, 0.05) is 11.7 Å². The van der Waals surface area contributed by atoms with E-state index in [0.717, 1.165) is 5.56 Å². The molecule has 0 spiro atoms. The molecule has 0 radical (unpaired) electrons. The van der Waals surface area contributed by atoms with E-state index in [1.165, 1.54) is 18.2 Å². The monoisotopic (exact) mass is 345 g/mol. The van der Waals surface area contributed by atoms with Crippen molar-refractivity contribution in [1.82, 2.24) is 0 Å². The van der Waals surface area contributed by atoms with Gasteiger partial charge < -0.3 is 5.32 Å². The number of halogens is 4. The molecule has 0 saturated carbocycles. The van der Waals surface area contributed by atoms with E-state index in [1.807, 2.05) is 6.92 Å². The lowest BCUT2D eigenvalue weighted by Crippen LogP contribution is -2.07. The topological polar surface area (TPSA) is 12.0 Å². The highest BCUT2D eigenvalue weighted by molar-refractivity contribution is 9.10. The Hall–Kier alpha value is -1.13. The second-order valence-corrected chi connectivity index (χ2v) is 5.43. The number of rotatable bonds is 3. The lowest BCUT2D eigenvalue weighted by atomic mass is 10.1. The van der Waals surface area contributed by atoms with E-state index in [2.05, 4.69) is 21.2 Å². The minimum absolute atomic E-state index is 0.0886. The van der Waals surface area contributed by atoms with Crippen molar-refractivity contribution in [2.75, 3.05) is 5.32 Å². The van der Waals surface area contributed by atoms with Gasteiger partial charge in [0.15, 0.2) is 0 Å². The average Bonchev–Trinajstić information content (AvgIpc) is 2.37. The molecule has 0 bridgehead atoms. The van der Waals surface area contributed by atoms with Crippen LogP contribution in [0, 0.1) is 11.6 Å². The molecule has 0 amide bonds. The maximum absolute atomic E-state index is 13.4. The van der Waals surface area contributed by atoms with Gasteiger partial charge in [-0.25, -0.2) is 8.78 Å². The van der Waals surface area contributed by atoms with Gasteiger partial charge in [0.1, 0.15) is 11.6 Å². The predicted octanol–water partition coefficient (Wildman–Crippen LogP) is 5.55. The summed E-state index contributed by atoms with van der Waals surface area (Å²) in [6.07, 6.45) is 0. The Morgan fingerprint density at radius 2 is 1.84 bits per heavy atom. The number of anilines is 1. The van der Waals surface area contributed by atoms with Crippen molar-refractivity contribution in [2.24, 2.45) is 0 Å². The quantitative estimate of drug-likeness (QED) is 0.768. The van der Waals surface area contributed by atoms with E-state index in [9.17, 15) is 8.78 Å². The normalized spacial score (nSPS) is 12.3. The van der Waals surface area contributed by atoms with Crippen molar-refractivity contribution in [3.05, 3.63) is 63.1 Å². The molecule has 1 unspecified atom stereocenters. The minimum Gasteiger partial charge on any atom is -0.378 e. The summed E-state index contributed by atoms with van der Waals surface area (Å²) in [6, 6.07) is 9.20. The number of hydrogen-bond donors (Lipinski definition) is 1. The number of hydrogen-bond acceptors (Lipinski definition) is 1. The first-order chi connectivity index (χ1) is 8.97. The first-order valence-corrected chi connectivity index (χ1v) is 6.81. The average molecular weight is 347 g/mol. The van der Waals surface area contributed by atoms with Crippen molar-refractivity contribution < 1.29 is 8.78 Å². The summed E-state index contributed by atoms with van der Waals surface area (Å²) in [5, 5.41) is 3.19. The molecule has 0 fully saturated rings. The summed E-state index contributed by atoms with van der Waals surface area (Å²) in [5.41, 5.74) is 1.37. The van der Waals surface area contributed by atoms with Crippen molar-refractivity contribution >= 4 is 33.2 Å². The van der Waals surface area contributed by atoms with Gasteiger partial charge in [0.05, 0.1) is 9.50 Å². The smallest absolute Gasteiger partial charge is 0.142 e. The zero-order valence-electron chi connectivity index (χ0n) is 10.1. The zero-order valence-corrected chi connectivity index (χ0v) is 12.4. The highest BCUT2D eigenvalue weighted by atomic mass is 79.9. The van der Waals surface area contributed by atoms with Crippen LogP contribution in [-0.2, 0) is 0 Å². The van der Waals surface area contributed by atoms with Gasteiger partial charge in [-0.05, 0) is 58.7 Å². The molecule has 0 aliphatic heterocycles. The van der Waals surface area contributed by atoms with Gasteiger partial charge in [0.25, 0.3) is 0 Å². The van der Waals surface area contributed by atoms with Crippen molar-refractivity contribution in [3.8, 4) is 0 Å². The van der Waals surface area contributed by atoms with E-state index < -0.39 is 5.82 Å². The van der Waals surface area contributed by atoms with E-state index in [1.54, 1.807) is 18.2 Å². The van der Waals surface area contributed by atoms with Crippen LogP contribution in [0.3, 0.4) is 0 Å². The van der Waals surface area contributed by atoms with Gasteiger partial charge >= 0.3 is 0 Å². The van der Waals surface area contributed by atoms with Gasteiger partial charge in [-0.15, -0.1) is 0 Å². The van der Waals surface area contributed by atoms with Crippen molar-refractivity contribution in [3.63, 3.8) is 0 Å². The summed E-state index contributed by atoms with van der Waals surface area (Å²) in [4.78, 5) is 0. The zero-order chi connectivity index (χ0) is 14.0. The fourth-order valence-electron chi connectivity index (χ4n) is 1.70. The predicted molar refractivity (Wildman–Crippen MR) is 77.5 cm³/mol. The molecule has 2 rings (SSSR count). The molecule has 5 heteroatoms. The molecule has 0 heterocycles. The Bertz CT molecular complexity index is 604. The fourth-order valence-corrected chi connectivity index (χ4v) is 2.07. The van der Waals surface area contributed by atoms with Gasteiger partial charge in [-0.2, -0.15) is 0 Å². The Morgan fingerprint density at radius 1 is 1.11 bits per heavy atom. The van der Waals surface area contributed by atoms with Crippen LogP contribution < -0.4 is 5.32 Å². The third kappa shape index (κ3) is 3.45. The van der Waals surface area contributed by atoms with Crippen molar-refractivity contribution in [1.29, 1.82) is 0 Å². The molecule has 0 aliphatic rings. The van der Waals surface area contributed by atoms with Crippen LogP contribution >= 0.6 is 27.5 Å². The van der Waals surface area contributed by atoms with E-state index >= 15 is 0 Å². The summed E-state index contributed by atoms with van der Waals surface area (Å²) in [7, 11) is 0. The second-order valence-electron chi connectivity index (χ2n) is 4.17. The third-order valence-corrected chi connectivity index (χ3v) is 3.70. The van der Waals surface area contributed by atoms with Crippen LogP contribution in [0.15, 0.2) is 40.9 Å². The minimum atomic E-state index is -0.463. The molecule has 2 aromatic carbocycles. The summed E-state index contributed by atoms with van der Waals surface area (Å²) in [5.74, 6) is -0.811. The maximum Gasteiger partial charge on any atom is 0.142 e. The Labute approximate surface area is 123 Å². The van der Waals surface area contributed by atoms with E-state index in [4.69, 9.17) is 11.6 Å². The molecule has 1 atom stereocenters. The van der Waals surface area contributed by atoms with E-state index in [0.29, 0.717) is 10.2 Å². The second kappa shape index (κ2) is 5.88. The molecule has 1 N–H and O–H groups in total. The number of benzene rings is 2. The Morgan fingerprint density at radius 3 is 2.47 bits per heavy atom. The van der Waals surface area contributed by atoms with Crippen LogP contribution in [0.4, 0.5) is 14.5 Å². The van der Waals surface area contributed by atoms with E-state index in [-0.39, 0.29) is 16.9 Å². The lowest BCUT2D eigenvalue weighted by molar-refractivity contribution is 0.620. The molecular formula is C14H11BrClF2N. The maximum atomic E-state index is 13.4. The van der Waals surface area contributed by atoms with Crippen LogP contribution in [0.25, 0.3) is 0 Å². The fraction of sp³-hybridized carbons (Fsp3) is 0.143. The molecule has 0 aromatic heterocycles. The number of nitrogens with one attached hydrogen (secondary N) is 1. The SMILES string of the molecule is CC(Nc1ccc(Br)c(F)c1)c1ccc(Cl)c(F)c1. The van der Waals surface area contributed by atoms with Gasteiger partial charge in [-0.1, -0.05) is 17.7 Å². The Balaban J connectivity index is 2.17. The molecule has 19 heavy (non-hydrogen) atoms. The molecule has 0 aliphatic carbocycles. The van der Waals surface area contributed by atoms with Gasteiger partial charge in [-0.3, -0.25) is 0 Å². The third-order valence-electron chi connectivity index (χ3n) is 2.75. The van der Waals surface area contributed by atoms with Crippen LogP contribution in [0.5, 0.6) is 0 Å². The summed E-state index contributed by atoms with van der Waals surface area (Å²) in [6.45, 7) is 1.86. The largest absolute Gasteiger partial charge is 0.378 e. The molecular weight excluding hydrogens is 336 g/mol. The highest BCUT2D eigenvalue weighted by Gasteiger charge is 2.09. The van der Waals surface area contributed by atoms with Crippen molar-refractivity contribution in [2.45, 2.75) is 13.0 Å². The van der Waals surface area contributed by atoms with Gasteiger partial charge in [0.2, 0.25) is 0 Å². The first-order valence-electron chi connectivity index (χ1n) is 5.64. The highest BCUT2D eigenvalue weighted by Crippen LogP contribution is 2.25. The molecule has 0 saturated heterocycles. The summed E-state index contributed by atoms with van der Waals surface area (Å²) >= 11 is 8.72. The first kappa shape index (κ1) is 14.3. The van der Waals surface area contributed by atoms with Crippen LogP contribution in [0.1, 0.15) is 18.5 Å². The molecule has 100 valence electrons. The molecule has 2 aromatic rings. The van der Waals surface area contributed by atoms with Crippen LogP contribution in [0.2, 0.25) is 5.02 Å². The van der Waals surface area contributed by atoms with Crippen LogP contribution in [-0.4, -0.2) is 0 Å². The standard InChI is InChI=1S/C14H11BrClF2N/c1-8(9-2-5-12(16)14(18)6-9)19-10-3-4-11(15)13(17)7-10/h2-8,19H,1H3. The summed E-state index contributed by atoms with van der Waals surface area (Å²) < 4.78 is 27.2. The Kier molecular flexibility index (Phi) is 4.42. The lowest BCUT2D eigenvalue weighted by Gasteiger charge is -2.16.